The SMILES string of the molecule is Cn1ccc(-n2nc(C(N)=O)c3cccnc32)n1. The minimum atomic E-state index is -0.581. The molecular formula is C11H10N6O. The van der Waals surface area contributed by atoms with E-state index in [-0.39, 0.29) is 5.69 Å². The quantitative estimate of drug-likeness (QED) is 0.697. The Hall–Kier alpha value is -2.70. The Morgan fingerprint density at radius 3 is 2.83 bits per heavy atom. The van der Waals surface area contributed by atoms with Gasteiger partial charge in [-0.3, -0.25) is 9.48 Å². The molecule has 3 rings (SSSR count). The van der Waals surface area contributed by atoms with Gasteiger partial charge in [0.05, 0.1) is 5.39 Å². The van der Waals surface area contributed by atoms with Crippen LogP contribution in [0.25, 0.3) is 16.9 Å². The van der Waals surface area contributed by atoms with Crippen molar-refractivity contribution in [1.82, 2.24) is 24.5 Å². The zero-order valence-electron chi connectivity index (χ0n) is 9.61. The van der Waals surface area contributed by atoms with E-state index in [1.807, 2.05) is 0 Å². The summed E-state index contributed by atoms with van der Waals surface area (Å²) >= 11 is 0. The molecule has 0 aliphatic rings. The molecule has 0 spiro atoms. The van der Waals surface area contributed by atoms with Crippen LogP contribution in [-0.2, 0) is 7.05 Å². The molecule has 0 fully saturated rings. The lowest BCUT2D eigenvalue weighted by molar-refractivity contribution is 0.0996. The third kappa shape index (κ3) is 1.45. The molecule has 0 saturated carbocycles. The molecule has 1 amide bonds. The first kappa shape index (κ1) is 10.5. The van der Waals surface area contributed by atoms with Gasteiger partial charge in [-0.25, -0.2) is 4.98 Å². The van der Waals surface area contributed by atoms with Crippen molar-refractivity contribution in [1.29, 1.82) is 0 Å². The fraction of sp³-hybridized carbons (Fsp3) is 0.0909. The molecule has 7 heteroatoms. The van der Waals surface area contributed by atoms with Gasteiger partial charge in [-0.1, -0.05) is 0 Å². The Kier molecular flexibility index (Phi) is 2.12. The summed E-state index contributed by atoms with van der Waals surface area (Å²) in [5.41, 5.74) is 6.07. The van der Waals surface area contributed by atoms with E-state index in [0.29, 0.717) is 16.9 Å². The van der Waals surface area contributed by atoms with Gasteiger partial charge in [0.15, 0.2) is 17.2 Å². The zero-order chi connectivity index (χ0) is 12.7. The molecule has 3 aromatic heterocycles. The largest absolute Gasteiger partial charge is 0.364 e. The molecular weight excluding hydrogens is 232 g/mol. The maximum Gasteiger partial charge on any atom is 0.269 e. The van der Waals surface area contributed by atoms with Crippen LogP contribution in [0.15, 0.2) is 30.6 Å². The number of hydrogen-bond acceptors (Lipinski definition) is 4. The second-order valence-corrected chi connectivity index (χ2v) is 3.85. The average molecular weight is 242 g/mol. The van der Waals surface area contributed by atoms with Crippen LogP contribution in [0.3, 0.4) is 0 Å². The summed E-state index contributed by atoms with van der Waals surface area (Å²) in [5, 5.41) is 9.03. The van der Waals surface area contributed by atoms with Crippen LogP contribution < -0.4 is 5.73 Å². The van der Waals surface area contributed by atoms with E-state index >= 15 is 0 Å². The monoisotopic (exact) mass is 242 g/mol. The van der Waals surface area contributed by atoms with E-state index in [2.05, 4.69) is 15.2 Å². The van der Waals surface area contributed by atoms with Gasteiger partial charge in [0.25, 0.3) is 5.91 Å². The highest BCUT2D eigenvalue weighted by molar-refractivity contribution is 6.03. The van der Waals surface area contributed by atoms with Gasteiger partial charge in [-0.05, 0) is 12.1 Å². The van der Waals surface area contributed by atoms with E-state index in [1.165, 1.54) is 4.68 Å². The Labute approximate surface area is 102 Å². The number of aromatic nitrogens is 5. The zero-order valence-corrected chi connectivity index (χ0v) is 9.61. The normalized spacial score (nSPS) is 10.9. The Bertz CT molecular complexity index is 741. The maximum absolute atomic E-state index is 11.4. The first-order chi connectivity index (χ1) is 8.66. The van der Waals surface area contributed by atoms with Crippen molar-refractivity contribution in [3.63, 3.8) is 0 Å². The van der Waals surface area contributed by atoms with Gasteiger partial charge in [-0.15, -0.1) is 0 Å². The molecule has 0 aromatic carbocycles. The summed E-state index contributed by atoms with van der Waals surface area (Å²) in [4.78, 5) is 15.6. The first-order valence-corrected chi connectivity index (χ1v) is 5.30. The number of nitrogens with zero attached hydrogens (tertiary/aromatic N) is 5. The van der Waals surface area contributed by atoms with E-state index in [1.54, 1.807) is 42.3 Å². The van der Waals surface area contributed by atoms with Crippen molar-refractivity contribution in [2.24, 2.45) is 12.8 Å². The van der Waals surface area contributed by atoms with Crippen LogP contribution in [0.1, 0.15) is 10.5 Å². The van der Waals surface area contributed by atoms with Crippen molar-refractivity contribution in [3.05, 3.63) is 36.3 Å². The van der Waals surface area contributed by atoms with E-state index in [9.17, 15) is 4.79 Å². The van der Waals surface area contributed by atoms with Crippen LogP contribution >= 0.6 is 0 Å². The third-order valence-electron chi connectivity index (χ3n) is 2.59. The minimum Gasteiger partial charge on any atom is -0.364 e. The second-order valence-electron chi connectivity index (χ2n) is 3.85. The summed E-state index contributed by atoms with van der Waals surface area (Å²) in [5.74, 6) is 0.0105. The Morgan fingerprint density at radius 1 is 1.33 bits per heavy atom. The summed E-state index contributed by atoms with van der Waals surface area (Å²) in [6.45, 7) is 0. The molecule has 0 aliphatic heterocycles. The van der Waals surface area contributed by atoms with E-state index < -0.39 is 5.91 Å². The van der Waals surface area contributed by atoms with Crippen molar-refractivity contribution >= 4 is 16.9 Å². The molecule has 0 aliphatic carbocycles. The summed E-state index contributed by atoms with van der Waals surface area (Å²) in [7, 11) is 1.80. The van der Waals surface area contributed by atoms with Crippen molar-refractivity contribution in [2.45, 2.75) is 0 Å². The number of hydrogen-bond donors (Lipinski definition) is 1. The van der Waals surface area contributed by atoms with E-state index in [0.717, 1.165) is 0 Å². The number of rotatable bonds is 2. The Morgan fingerprint density at radius 2 is 2.17 bits per heavy atom. The predicted molar refractivity (Wildman–Crippen MR) is 64.1 cm³/mol. The molecule has 3 aromatic rings. The molecule has 0 unspecified atom stereocenters. The van der Waals surface area contributed by atoms with Gasteiger partial charge >= 0.3 is 0 Å². The molecule has 18 heavy (non-hydrogen) atoms. The highest BCUT2D eigenvalue weighted by Crippen LogP contribution is 2.18. The highest BCUT2D eigenvalue weighted by Gasteiger charge is 2.17. The van der Waals surface area contributed by atoms with Gasteiger partial charge < -0.3 is 5.73 Å². The third-order valence-corrected chi connectivity index (χ3v) is 2.59. The molecule has 7 nitrogen and oxygen atoms in total. The Balaban J connectivity index is 2.33. The summed E-state index contributed by atoms with van der Waals surface area (Å²) < 4.78 is 3.16. The van der Waals surface area contributed by atoms with Gasteiger partial charge in [0.1, 0.15) is 0 Å². The number of pyridine rings is 1. The molecule has 2 N–H and O–H groups in total. The molecule has 3 heterocycles. The molecule has 0 saturated heterocycles. The standard InChI is InChI=1S/C11H10N6O/c1-16-6-4-8(14-16)17-11-7(3-2-5-13-11)9(15-17)10(12)18/h2-6H,1H3,(H2,12,18). The first-order valence-electron chi connectivity index (χ1n) is 5.30. The number of nitrogens with two attached hydrogens (primary N) is 1. The molecule has 0 atom stereocenters. The van der Waals surface area contributed by atoms with Crippen LogP contribution in [0, 0.1) is 0 Å². The predicted octanol–water partition coefficient (Wildman–Crippen LogP) is 0.253. The van der Waals surface area contributed by atoms with Gasteiger partial charge in [0, 0.05) is 25.5 Å². The number of amides is 1. The van der Waals surface area contributed by atoms with Crippen molar-refractivity contribution in [2.75, 3.05) is 0 Å². The molecule has 0 bridgehead atoms. The van der Waals surface area contributed by atoms with Gasteiger partial charge in [0.2, 0.25) is 0 Å². The molecule has 90 valence electrons. The van der Waals surface area contributed by atoms with Crippen LogP contribution in [-0.4, -0.2) is 30.5 Å². The van der Waals surface area contributed by atoms with Crippen LogP contribution in [0.5, 0.6) is 0 Å². The van der Waals surface area contributed by atoms with Crippen molar-refractivity contribution in [3.8, 4) is 5.82 Å². The summed E-state index contributed by atoms with van der Waals surface area (Å²) in [6, 6.07) is 5.28. The number of carbonyl (C=O) groups excluding carboxylic acids is 1. The number of fused-ring (bicyclic) bond motifs is 1. The number of primary amides is 1. The van der Waals surface area contributed by atoms with Crippen LogP contribution in [0.2, 0.25) is 0 Å². The lowest BCUT2D eigenvalue weighted by Gasteiger charge is -1.96. The van der Waals surface area contributed by atoms with Crippen LogP contribution in [0.4, 0.5) is 0 Å². The van der Waals surface area contributed by atoms with Gasteiger partial charge in [-0.2, -0.15) is 14.9 Å². The lowest BCUT2D eigenvalue weighted by Crippen LogP contribution is -2.12. The fourth-order valence-corrected chi connectivity index (χ4v) is 1.81. The molecule has 0 radical (unpaired) electrons. The van der Waals surface area contributed by atoms with E-state index in [4.69, 9.17) is 5.73 Å². The second kappa shape index (κ2) is 3.66. The fourth-order valence-electron chi connectivity index (χ4n) is 1.81. The number of carbonyl (C=O) groups is 1. The van der Waals surface area contributed by atoms with Crippen molar-refractivity contribution < 1.29 is 4.79 Å². The summed E-state index contributed by atoms with van der Waals surface area (Å²) in [6.07, 6.45) is 3.42. The highest BCUT2D eigenvalue weighted by atomic mass is 16.1. The minimum absolute atomic E-state index is 0.198. The smallest absolute Gasteiger partial charge is 0.269 e. The topological polar surface area (TPSA) is 91.6 Å². The maximum atomic E-state index is 11.4. The lowest BCUT2D eigenvalue weighted by atomic mass is 10.2. The average Bonchev–Trinajstić information content (AvgIpc) is 2.92. The number of aryl methyl sites for hydroxylation is 1.